The Morgan fingerprint density at radius 3 is 2.68 bits per heavy atom. The van der Waals surface area contributed by atoms with Gasteiger partial charge in [-0.15, -0.1) is 11.3 Å². The maximum Gasteiger partial charge on any atom is 0.345 e. The zero-order valence-corrected chi connectivity index (χ0v) is 13.3. The minimum atomic E-state index is -3.77. The van der Waals surface area contributed by atoms with E-state index in [9.17, 15) is 18.3 Å². The number of thiophene rings is 1. The van der Waals surface area contributed by atoms with Crippen molar-refractivity contribution in [3.8, 4) is 0 Å². The SMILES string of the molecule is CCC(O)CCNS(=O)(=O)c1cc(C(=O)O)sc1Br. The molecule has 0 aliphatic heterocycles. The van der Waals surface area contributed by atoms with Gasteiger partial charge in [0, 0.05) is 6.54 Å². The van der Waals surface area contributed by atoms with Gasteiger partial charge >= 0.3 is 5.97 Å². The quantitative estimate of drug-likeness (QED) is 0.675. The topological polar surface area (TPSA) is 104 Å². The first-order chi connectivity index (χ1) is 8.77. The lowest BCUT2D eigenvalue weighted by atomic mass is 10.2. The lowest BCUT2D eigenvalue weighted by Crippen LogP contribution is -2.27. The molecule has 0 spiro atoms. The van der Waals surface area contributed by atoms with Crippen LogP contribution in [-0.2, 0) is 10.0 Å². The Bertz CT molecular complexity index is 554. The van der Waals surface area contributed by atoms with Crippen LogP contribution in [0.4, 0.5) is 0 Å². The second kappa shape index (κ2) is 6.80. The lowest BCUT2D eigenvalue weighted by molar-refractivity contribution is 0.0702. The van der Waals surface area contributed by atoms with Crippen LogP contribution < -0.4 is 4.72 Å². The fraction of sp³-hybridized carbons (Fsp3) is 0.500. The summed E-state index contributed by atoms with van der Waals surface area (Å²) in [7, 11) is -3.77. The molecule has 9 heteroatoms. The van der Waals surface area contributed by atoms with Crippen molar-refractivity contribution in [2.45, 2.75) is 30.8 Å². The monoisotopic (exact) mass is 371 g/mol. The summed E-state index contributed by atoms with van der Waals surface area (Å²) < 4.78 is 26.5. The molecule has 1 unspecified atom stereocenters. The summed E-state index contributed by atoms with van der Waals surface area (Å²) in [5.74, 6) is -1.17. The number of rotatable bonds is 7. The number of nitrogens with one attached hydrogen (secondary N) is 1. The molecular weight excluding hydrogens is 358 g/mol. The number of carboxylic acids is 1. The summed E-state index contributed by atoms with van der Waals surface area (Å²) in [6.45, 7) is 1.90. The van der Waals surface area contributed by atoms with E-state index in [4.69, 9.17) is 5.11 Å². The predicted molar refractivity (Wildman–Crippen MR) is 75.1 cm³/mol. The van der Waals surface area contributed by atoms with E-state index in [0.717, 1.165) is 17.4 Å². The lowest BCUT2D eigenvalue weighted by Gasteiger charge is -2.08. The first-order valence-electron chi connectivity index (χ1n) is 5.48. The first kappa shape index (κ1) is 16.6. The highest BCUT2D eigenvalue weighted by Gasteiger charge is 2.22. The van der Waals surface area contributed by atoms with Crippen LogP contribution >= 0.6 is 27.3 Å². The fourth-order valence-electron chi connectivity index (χ4n) is 1.28. The maximum absolute atomic E-state index is 11.9. The second-order valence-electron chi connectivity index (χ2n) is 3.80. The Morgan fingerprint density at radius 1 is 1.58 bits per heavy atom. The molecule has 1 rings (SSSR count). The third-order valence-corrected chi connectivity index (χ3v) is 6.10. The molecule has 0 fully saturated rings. The second-order valence-corrected chi connectivity index (χ2v) is 7.91. The van der Waals surface area contributed by atoms with Gasteiger partial charge in [0.05, 0.1) is 9.89 Å². The van der Waals surface area contributed by atoms with Crippen molar-refractivity contribution in [3.05, 3.63) is 14.7 Å². The number of sulfonamides is 1. The summed E-state index contributed by atoms with van der Waals surface area (Å²) in [6.07, 6.45) is 0.305. The minimum absolute atomic E-state index is 0.0548. The third kappa shape index (κ3) is 4.53. The van der Waals surface area contributed by atoms with Crippen molar-refractivity contribution >= 4 is 43.3 Å². The Hall–Kier alpha value is -0.480. The molecule has 0 aromatic carbocycles. The van der Waals surface area contributed by atoms with Gasteiger partial charge in [-0.25, -0.2) is 17.9 Å². The zero-order valence-electron chi connectivity index (χ0n) is 10.1. The molecule has 0 saturated carbocycles. The number of aromatic carboxylic acids is 1. The smallest absolute Gasteiger partial charge is 0.345 e. The van der Waals surface area contributed by atoms with E-state index in [-0.39, 0.29) is 20.1 Å². The van der Waals surface area contributed by atoms with Crippen molar-refractivity contribution in [1.29, 1.82) is 0 Å². The van der Waals surface area contributed by atoms with Crippen LogP contribution in [0.2, 0.25) is 0 Å². The molecule has 1 atom stereocenters. The number of carbonyl (C=O) groups is 1. The number of carboxylic acid groups (broad SMARTS) is 1. The van der Waals surface area contributed by atoms with Gasteiger partial charge in [-0.05, 0) is 34.8 Å². The molecule has 6 nitrogen and oxygen atoms in total. The van der Waals surface area contributed by atoms with Gasteiger partial charge in [-0.3, -0.25) is 0 Å². The van der Waals surface area contributed by atoms with Crippen LogP contribution in [0, 0.1) is 0 Å². The fourth-order valence-corrected chi connectivity index (χ4v) is 4.73. The van der Waals surface area contributed by atoms with E-state index in [1.807, 2.05) is 0 Å². The average Bonchev–Trinajstić information content (AvgIpc) is 2.71. The zero-order chi connectivity index (χ0) is 14.6. The summed E-state index contributed by atoms with van der Waals surface area (Å²) in [5.41, 5.74) is 0. The molecule has 1 aromatic rings. The third-order valence-electron chi connectivity index (χ3n) is 2.40. The van der Waals surface area contributed by atoms with Gasteiger partial charge in [0.1, 0.15) is 9.77 Å². The first-order valence-corrected chi connectivity index (χ1v) is 8.57. The van der Waals surface area contributed by atoms with Crippen molar-refractivity contribution in [2.24, 2.45) is 0 Å². The number of halogens is 1. The number of hydrogen-bond acceptors (Lipinski definition) is 5. The van der Waals surface area contributed by atoms with E-state index < -0.39 is 22.1 Å². The van der Waals surface area contributed by atoms with E-state index in [2.05, 4.69) is 20.7 Å². The van der Waals surface area contributed by atoms with Gasteiger partial charge in [0.2, 0.25) is 10.0 Å². The van der Waals surface area contributed by atoms with Gasteiger partial charge in [0.25, 0.3) is 0 Å². The Labute approximate surface area is 123 Å². The molecule has 19 heavy (non-hydrogen) atoms. The van der Waals surface area contributed by atoms with Gasteiger partial charge < -0.3 is 10.2 Å². The summed E-state index contributed by atoms with van der Waals surface area (Å²) in [4.78, 5) is 10.6. The molecule has 1 aromatic heterocycles. The molecule has 108 valence electrons. The largest absolute Gasteiger partial charge is 0.477 e. The van der Waals surface area contributed by atoms with Crippen molar-refractivity contribution in [2.75, 3.05) is 6.54 Å². The van der Waals surface area contributed by atoms with E-state index in [0.29, 0.717) is 12.8 Å². The minimum Gasteiger partial charge on any atom is -0.477 e. The summed E-state index contributed by atoms with van der Waals surface area (Å²) in [6, 6.07) is 1.11. The summed E-state index contributed by atoms with van der Waals surface area (Å²) >= 11 is 3.88. The average molecular weight is 372 g/mol. The molecular formula is C10H14BrNO5S2. The standard InChI is InChI=1S/C10H14BrNO5S2/c1-2-6(13)3-4-12-19(16,17)8-5-7(10(14)15)18-9(8)11/h5-6,12-13H,2-4H2,1H3,(H,14,15). The Balaban J connectivity index is 2.80. The van der Waals surface area contributed by atoms with E-state index in [1.165, 1.54) is 0 Å². The molecule has 1 heterocycles. The molecule has 0 amide bonds. The van der Waals surface area contributed by atoms with Gasteiger partial charge in [-0.2, -0.15) is 0 Å². The highest BCUT2D eigenvalue weighted by Crippen LogP contribution is 2.31. The Kier molecular flexibility index (Phi) is 5.93. The molecule has 3 N–H and O–H groups in total. The normalized spacial score (nSPS) is 13.4. The van der Waals surface area contributed by atoms with Crippen molar-refractivity contribution in [1.82, 2.24) is 4.72 Å². The van der Waals surface area contributed by atoms with E-state index in [1.54, 1.807) is 6.92 Å². The molecule has 0 aliphatic rings. The Morgan fingerprint density at radius 2 is 2.21 bits per heavy atom. The van der Waals surface area contributed by atoms with Crippen LogP contribution in [0.5, 0.6) is 0 Å². The number of hydrogen-bond donors (Lipinski definition) is 3. The summed E-state index contributed by atoms with van der Waals surface area (Å²) in [5, 5.41) is 18.1. The molecule has 0 bridgehead atoms. The molecule has 0 aliphatic carbocycles. The van der Waals surface area contributed by atoms with Crippen LogP contribution in [-0.4, -0.2) is 37.2 Å². The molecule has 0 radical (unpaired) electrons. The maximum atomic E-state index is 11.9. The van der Waals surface area contributed by atoms with E-state index >= 15 is 0 Å². The van der Waals surface area contributed by atoms with Crippen LogP contribution in [0.1, 0.15) is 29.4 Å². The van der Waals surface area contributed by atoms with Crippen LogP contribution in [0.3, 0.4) is 0 Å². The number of aliphatic hydroxyl groups excluding tert-OH is 1. The van der Waals surface area contributed by atoms with Crippen molar-refractivity contribution < 1.29 is 23.4 Å². The van der Waals surface area contributed by atoms with Gasteiger partial charge in [-0.1, -0.05) is 6.92 Å². The number of aliphatic hydroxyl groups is 1. The molecule has 0 saturated heterocycles. The highest BCUT2D eigenvalue weighted by atomic mass is 79.9. The highest BCUT2D eigenvalue weighted by molar-refractivity contribution is 9.11. The van der Waals surface area contributed by atoms with Crippen LogP contribution in [0.15, 0.2) is 14.7 Å². The van der Waals surface area contributed by atoms with Crippen molar-refractivity contribution in [3.63, 3.8) is 0 Å². The van der Waals surface area contributed by atoms with Gasteiger partial charge in [0.15, 0.2) is 0 Å². The predicted octanol–water partition coefficient (Wildman–Crippen LogP) is 1.65. The van der Waals surface area contributed by atoms with Crippen LogP contribution in [0.25, 0.3) is 0 Å².